The minimum absolute atomic E-state index is 0.209. The van der Waals surface area contributed by atoms with Gasteiger partial charge in [-0.1, -0.05) is 13.3 Å². The summed E-state index contributed by atoms with van der Waals surface area (Å²) in [6.07, 6.45) is 5.26. The fourth-order valence-corrected chi connectivity index (χ4v) is 2.72. The number of nitrogen functional groups attached to an aromatic ring is 1. The molecule has 1 aliphatic rings. The zero-order valence-corrected chi connectivity index (χ0v) is 13.0. The maximum atomic E-state index is 11.0. The second kappa shape index (κ2) is 7.82. The normalized spacial score (nSPS) is 21.3. The highest BCUT2D eigenvalue weighted by Crippen LogP contribution is 2.27. The summed E-state index contributed by atoms with van der Waals surface area (Å²) in [5, 5.41) is 15.6. The maximum Gasteiger partial charge on any atom is 0.306 e. The van der Waals surface area contributed by atoms with Gasteiger partial charge in [-0.2, -0.15) is 9.97 Å². The van der Waals surface area contributed by atoms with E-state index < -0.39 is 5.97 Å². The van der Waals surface area contributed by atoms with Crippen LogP contribution >= 0.6 is 0 Å². The van der Waals surface area contributed by atoms with Gasteiger partial charge in [0.2, 0.25) is 5.95 Å². The van der Waals surface area contributed by atoms with E-state index in [-0.39, 0.29) is 17.9 Å². The first-order valence-electron chi connectivity index (χ1n) is 7.96. The van der Waals surface area contributed by atoms with Crippen LogP contribution in [0, 0.1) is 5.92 Å². The topological polar surface area (TPSA) is 113 Å². The van der Waals surface area contributed by atoms with E-state index in [1.807, 2.05) is 6.07 Å². The predicted molar refractivity (Wildman–Crippen MR) is 86.8 cm³/mol. The summed E-state index contributed by atoms with van der Waals surface area (Å²) in [5.41, 5.74) is 5.75. The molecule has 0 atom stereocenters. The van der Waals surface area contributed by atoms with Crippen LogP contribution in [0.5, 0.6) is 0 Å². The van der Waals surface area contributed by atoms with Gasteiger partial charge in [-0.3, -0.25) is 4.79 Å². The molecule has 1 aromatic heterocycles. The summed E-state index contributed by atoms with van der Waals surface area (Å²) < 4.78 is 0. The summed E-state index contributed by atoms with van der Waals surface area (Å²) in [6, 6.07) is 2.10. The first kappa shape index (κ1) is 16.3. The summed E-state index contributed by atoms with van der Waals surface area (Å²) in [7, 11) is 0. The molecule has 0 spiro atoms. The third kappa shape index (κ3) is 4.75. The molecule has 0 unspecified atom stereocenters. The molecule has 0 bridgehead atoms. The first-order chi connectivity index (χ1) is 10.6. The van der Waals surface area contributed by atoms with Crippen LogP contribution in [0.2, 0.25) is 0 Å². The lowest BCUT2D eigenvalue weighted by Crippen LogP contribution is -2.29. The molecule has 0 aliphatic heterocycles. The van der Waals surface area contributed by atoms with Crippen molar-refractivity contribution in [1.82, 2.24) is 9.97 Å². The molecule has 0 aromatic carbocycles. The fraction of sp³-hybridized carbons (Fsp3) is 0.667. The van der Waals surface area contributed by atoms with E-state index in [1.165, 1.54) is 0 Å². The Bertz CT molecular complexity index is 501. The third-order valence-electron chi connectivity index (χ3n) is 4.01. The van der Waals surface area contributed by atoms with Crippen LogP contribution in [0.15, 0.2) is 6.07 Å². The maximum absolute atomic E-state index is 11.0. The largest absolute Gasteiger partial charge is 0.481 e. The molecule has 22 heavy (non-hydrogen) atoms. The number of nitrogens with one attached hydrogen (secondary N) is 2. The number of unbranched alkanes of at least 4 members (excludes halogenated alkanes) is 1. The number of nitrogens with two attached hydrogens (primary N) is 1. The van der Waals surface area contributed by atoms with Crippen LogP contribution < -0.4 is 16.4 Å². The van der Waals surface area contributed by atoms with Gasteiger partial charge in [0.15, 0.2) is 0 Å². The molecule has 2 rings (SSSR count). The Labute approximate surface area is 130 Å². The van der Waals surface area contributed by atoms with Gasteiger partial charge >= 0.3 is 5.97 Å². The van der Waals surface area contributed by atoms with Crippen molar-refractivity contribution < 1.29 is 9.90 Å². The van der Waals surface area contributed by atoms with E-state index in [2.05, 4.69) is 27.5 Å². The number of anilines is 3. The number of carbonyl (C=O) groups is 1. The molecule has 1 saturated carbocycles. The summed E-state index contributed by atoms with van der Waals surface area (Å²) in [5.74, 6) is 0.767. The van der Waals surface area contributed by atoms with Crippen LogP contribution in [0.4, 0.5) is 17.6 Å². The molecule has 5 N–H and O–H groups in total. The van der Waals surface area contributed by atoms with Crippen LogP contribution in [-0.4, -0.2) is 33.6 Å². The molecule has 7 heteroatoms. The number of rotatable bonds is 7. The molecule has 1 heterocycles. The number of carboxylic acid groups (broad SMARTS) is 1. The van der Waals surface area contributed by atoms with E-state index in [9.17, 15) is 4.79 Å². The lowest BCUT2D eigenvalue weighted by Gasteiger charge is -2.27. The van der Waals surface area contributed by atoms with Gasteiger partial charge in [0.25, 0.3) is 0 Å². The van der Waals surface area contributed by atoms with E-state index in [0.29, 0.717) is 18.7 Å². The number of carboxylic acids is 1. The van der Waals surface area contributed by atoms with Crippen molar-refractivity contribution in [3.63, 3.8) is 0 Å². The molecule has 122 valence electrons. The highest BCUT2D eigenvalue weighted by atomic mass is 16.4. The van der Waals surface area contributed by atoms with Crippen LogP contribution in [0.3, 0.4) is 0 Å². The zero-order valence-electron chi connectivity index (χ0n) is 13.0. The third-order valence-corrected chi connectivity index (χ3v) is 4.01. The second-order valence-corrected chi connectivity index (χ2v) is 5.81. The van der Waals surface area contributed by atoms with Crippen molar-refractivity contribution in [2.75, 3.05) is 22.9 Å². The highest BCUT2D eigenvalue weighted by Gasteiger charge is 2.26. The molecule has 0 radical (unpaired) electrons. The van der Waals surface area contributed by atoms with Gasteiger partial charge in [0, 0.05) is 18.7 Å². The van der Waals surface area contributed by atoms with Crippen LogP contribution in [0.1, 0.15) is 45.4 Å². The first-order valence-corrected chi connectivity index (χ1v) is 7.96. The van der Waals surface area contributed by atoms with Crippen molar-refractivity contribution in [2.24, 2.45) is 5.92 Å². The predicted octanol–water partition coefficient (Wildman–Crippen LogP) is 2.33. The average molecular weight is 307 g/mol. The van der Waals surface area contributed by atoms with E-state index in [1.54, 1.807) is 0 Å². The molecule has 0 saturated heterocycles. The zero-order chi connectivity index (χ0) is 15.9. The quantitative estimate of drug-likeness (QED) is 0.572. The molecular weight excluding hydrogens is 282 g/mol. The van der Waals surface area contributed by atoms with Crippen molar-refractivity contribution >= 4 is 23.6 Å². The Balaban J connectivity index is 1.91. The Kier molecular flexibility index (Phi) is 5.80. The molecule has 1 aliphatic carbocycles. The van der Waals surface area contributed by atoms with Gasteiger partial charge < -0.3 is 21.5 Å². The lowest BCUT2D eigenvalue weighted by atomic mass is 9.86. The van der Waals surface area contributed by atoms with Crippen molar-refractivity contribution in [3.8, 4) is 0 Å². The number of aliphatic carboxylic acids is 1. The Morgan fingerprint density at radius 3 is 2.64 bits per heavy atom. The SMILES string of the molecule is CCCCNc1cc(NC2CCC(C(=O)O)CC2)nc(N)n1. The summed E-state index contributed by atoms with van der Waals surface area (Å²) in [4.78, 5) is 19.3. The van der Waals surface area contributed by atoms with E-state index >= 15 is 0 Å². The summed E-state index contributed by atoms with van der Waals surface area (Å²) in [6.45, 7) is 2.99. The Hall–Kier alpha value is -2.05. The van der Waals surface area contributed by atoms with Gasteiger partial charge in [0.1, 0.15) is 11.6 Å². The minimum Gasteiger partial charge on any atom is -0.481 e. The van der Waals surface area contributed by atoms with Gasteiger partial charge in [-0.25, -0.2) is 0 Å². The Morgan fingerprint density at radius 2 is 2.00 bits per heavy atom. The van der Waals surface area contributed by atoms with Gasteiger partial charge in [-0.15, -0.1) is 0 Å². The van der Waals surface area contributed by atoms with Crippen LogP contribution in [-0.2, 0) is 4.79 Å². The fourth-order valence-electron chi connectivity index (χ4n) is 2.72. The molecule has 0 amide bonds. The van der Waals surface area contributed by atoms with E-state index in [0.717, 1.165) is 38.0 Å². The lowest BCUT2D eigenvalue weighted by molar-refractivity contribution is -0.142. The van der Waals surface area contributed by atoms with Gasteiger partial charge in [0.05, 0.1) is 5.92 Å². The molecule has 7 nitrogen and oxygen atoms in total. The van der Waals surface area contributed by atoms with Crippen molar-refractivity contribution in [1.29, 1.82) is 0 Å². The molecular formula is C15H25N5O2. The monoisotopic (exact) mass is 307 g/mol. The molecule has 1 aromatic rings. The van der Waals surface area contributed by atoms with Gasteiger partial charge in [-0.05, 0) is 32.1 Å². The molecule has 1 fully saturated rings. The number of aromatic nitrogens is 2. The minimum atomic E-state index is -0.688. The van der Waals surface area contributed by atoms with Crippen molar-refractivity contribution in [3.05, 3.63) is 6.07 Å². The second-order valence-electron chi connectivity index (χ2n) is 5.81. The summed E-state index contributed by atoms with van der Waals surface area (Å²) >= 11 is 0. The smallest absolute Gasteiger partial charge is 0.306 e. The van der Waals surface area contributed by atoms with Crippen molar-refractivity contribution in [2.45, 2.75) is 51.5 Å². The Morgan fingerprint density at radius 1 is 1.32 bits per heavy atom. The number of hydrogen-bond donors (Lipinski definition) is 4. The number of hydrogen-bond acceptors (Lipinski definition) is 6. The standard InChI is InChI=1S/C15H25N5O2/c1-2-3-8-17-12-9-13(20-15(16)19-12)18-11-6-4-10(5-7-11)14(21)22/h9-11H,2-8H2,1H3,(H,21,22)(H4,16,17,18,19,20). The van der Waals surface area contributed by atoms with E-state index in [4.69, 9.17) is 10.8 Å². The average Bonchev–Trinajstić information content (AvgIpc) is 2.47. The number of nitrogens with zero attached hydrogens (tertiary/aromatic N) is 2. The highest BCUT2D eigenvalue weighted by molar-refractivity contribution is 5.70. The van der Waals surface area contributed by atoms with Crippen LogP contribution in [0.25, 0.3) is 0 Å².